The van der Waals surface area contributed by atoms with Gasteiger partial charge in [0.15, 0.2) is 5.75 Å². The Bertz CT molecular complexity index is 883. The lowest BCUT2D eigenvalue weighted by molar-refractivity contribution is 0.102. The molecule has 1 heterocycles. The largest absolute Gasteiger partial charge is 0.505 e. The summed E-state index contributed by atoms with van der Waals surface area (Å²) in [6.07, 6.45) is 1.57. The number of nitrogens with zero attached hydrogens (tertiary/aromatic N) is 1. The number of amides is 1. The molecule has 0 unspecified atom stereocenters. The number of benzene rings is 2. The molecule has 1 aromatic heterocycles. The number of anilines is 1. The molecule has 3 aromatic rings. The predicted octanol–water partition coefficient (Wildman–Crippen LogP) is 4.61. The van der Waals surface area contributed by atoms with E-state index < -0.39 is 5.91 Å². The summed E-state index contributed by atoms with van der Waals surface area (Å²) in [4.78, 5) is 16.4. The second-order valence-corrected chi connectivity index (χ2v) is 5.88. The standard InChI is InChI=1S/C16H10BrClN2O2/c17-12-6-4-10(8-13(12)18)20-16(22)11-5-3-9-2-1-7-19-14(9)15(11)21/h1-8,21H,(H,20,22). The van der Waals surface area contributed by atoms with Gasteiger partial charge in [0.2, 0.25) is 0 Å². The lowest BCUT2D eigenvalue weighted by atomic mass is 10.1. The molecule has 0 aliphatic heterocycles. The molecule has 0 saturated carbocycles. The Hall–Kier alpha value is -2.11. The van der Waals surface area contributed by atoms with E-state index in [1.807, 2.05) is 6.07 Å². The van der Waals surface area contributed by atoms with Gasteiger partial charge < -0.3 is 10.4 Å². The maximum atomic E-state index is 12.3. The highest BCUT2D eigenvalue weighted by atomic mass is 79.9. The SMILES string of the molecule is O=C(Nc1ccc(Br)c(Cl)c1)c1ccc2cccnc2c1O. The van der Waals surface area contributed by atoms with E-state index in [1.165, 1.54) is 0 Å². The van der Waals surface area contributed by atoms with E-state index in [9.17, 15) is 9.90 Å². The highest BCUT2D eigenvalue weighted by molar-refractivity contribution is 9.10. The molecule has 22 heavy (non-hydrogen) atoms. The van der Waals surface area contributed by atoms with Crippen LogP contribution in [0.25, 0.3) is 10.9 Å². The Labute approximate surface area is 139 Å². The molecule has 0 radical (unpaired) electrons. The van der Waals surface area contributed by atoms with Crippen LogP contribution in [0.15, 0.2) is 53.1 Å². The number of nitrogens with one attached hydrogen (secondary N) is 1. The van der Waals surface area contributed by atoms with Crippen molar-refractivity contribution >= 4 is 50.0 Å². The van der Waals surface area contributed by atoms with Gasteiger partial charge in [0.05, 0.1) is 10.6 Å². The molecule has 3 rings (SSSR count). The van der Waals surface area contributed by atoms with Crippen molar-refractivity contribution < 1.29 is 9.90 Å². The minimum atomic E-state index is -0.427. The van der Waals surface area contributed by atoms with Gasteiger partial charge >= 0.3 is 0 Å². The minimum absolute atomic E-state index is 0.140. The highest BCUT2D eigenvalue weighted by Crippen LogP contribution is 2.29. The molecule has 0 spiro atoms. The van der Waals surface area contributed by atoms with Crippen molar-refractivity contribution in [3.8, 4) is 5.75 Å². The second kappa shape index (κ2) is 5.94. The van der Waals surface area contributed by atoms with Gasteiger partial charge in [0.1, 0.15) is 5.52 Å². The average Bonchev–Trinajstić information content (AvgIpc) is 2.51. The van der Waals surface area contributed by atoms with Gasteiger partial charge in [-0.2, -0.15) is 0 Å². The van der Waals surface area contributed by atoms with Gasteiger partial charge in [-0.1, -0.05) is 23.7 Å². The topological polar surface area (TPSA) is 62.2 Å². The van der Waals surface area contributed by atoms with E-state index in [1.54, 1.807) is 42.6 Å². The van der Waals surface area contributed by atoms with Gasteiger partial charge in [-0.05, 0) is 46.3 Å². The van der Waals surface area contributed by atoms with Crippen LogP contribution in [0.3, 0.4) is 0 Å². The van der Waals surface area contributed by atoms with Crippen molar-refractivity contribution in [3.63, 3.8) is 0 Å². The number of phenolic OH excluding ortho intramolecular Hbond substituents is 1. The quantitative estimate of drug-likeness (QED) is 0.685. The monoisotopic (exact) mass is 376 g/mol. The molecule has 0 atom stereocenters. The smallest absolute Gasteiger partial charge is 0.259 e. The van der Waals surface area contributed by atoms with Crippen molar-refractivity contribution in [2.45, 2.75) is 0 Å². The van der Waals surface area contributed by atoms with Gasteiger partial charge in [-0.3, -0.25) is 9.78 Å². The van der Waals surface area contributed by atoms with Crippen LogP contribution in [-0.4, -0.2) is 16.0 Å². The Morgan fingerprint density at radius 1 is 1.23 bits per heavy atom. The number of hydrogen-bond donors (Lipinski definition) is 2. The van der Waals surface area contributed by atoms with Crippen LogP contribution in [0, 0.1) is 0 Å². The minimum Gasteiger partial charge on any atom is -0.505 e. The molecule has 2 N–H and O–H groups in total. The number of pyridine rings is 1. The van der Waals surface area contributed by atoms with Crippen LogP contribution in [0.2, 0.25) is 5.02 Å². The van der Waals surface area contributed by atoms with E-state index in [0.717, 1.165) is 9.86 Å². The van der Waals surface area contributed by atoms with E-state index in [-0.39, 0.29) is 11.3 Å². The number of carbonyl (C=O) groups excluding carboxylic acids is 1. The first-order chi connectivity index (χ1) is 10.6. The highest BCUT2D eigenvalue weighted by Gasteiger charge is 2.15. The van der Waals surface area contributed by atoms with Crippen LogP contribution in [0.4, 0.5) is 5.69 Å². The van der Waals surface area contributed by atoms with Gasteiger partial charge in [-0.15, -0.1) is 0 Å². The van der Waals surface area contributed by atoms with Crippen LogP contribution in [0.1, 0.15) is 10.4 Å². The predicted molar refractivity (Wildman–Crippen MR) is 90.5 cm³/mol. The zero-order chi connectivity index (χ0) is 15.7. The number of aromatic nitrogens is 1. The van der Waals surface area contributed by atoms with Crippen molar-refractivity contribution in [2.75, 3.05) is 5.32 Å². The third-order valence-corrected chi connectivity index (χ3v) is 4.40. The summed E-state index contributed by atoms with van der Waals surface area (Å²) >= 11 is 9.28. The molecule has 1 amide bonds. The fraction of sp³-hybridized carbons (Fsp3) is 0. The number of fused-ring (bicyclic) bond motifs is 1. The maximum absolute atomic E-state index is 12.3. The normalized spacial score (nSPS) is 10.6. The molecule has 2 aromatic carbocycles. The van der Waals surface area contributed by atoms with Crippen molar-refractivity contribution in [1.82, 2.24) is 4.98 Å². The average molecular weight is 378 g/mol. The summed E-state index contributed by atoms with van der Waals surface area (Å²) in [6.45, 7) is 0. The number of phenols is 1. The first-order valence-corrected chi connectivity index (χ1v) is 7.56. The summed E-state index contributed by atoms with van der Waals surface area (Å²) in [6, 6.07) is 12.0. The fourth-order valence-electron chi connectivity index (χ4n) is 2.09. The summed E-state index contributed by atoms with van der Waals surface area (Å²) < 4.78 is 0.741. The molecule has 4 nitrogen and oxygen atoms in total. The van der Waals surface area contributed by atoms with Crippen LogP contribution < -0.4 is 5.32 Å². The van der Waals surface area contributed by atoms with Gasteiger partial charge in [0, 0.05) is 21.7 Å². The van der Waals surface area contributed by atoms with Crippen LogP contribution in [0.5, 0.6) is 5.75 Å². The number of aromatic hydroxyl groups is 1. The number of carbonyl (C=O) groups is 1. The fourth-order valence-corrected chi connectivity index (χ4v) is 2.51. The van der Waals surface area contributed by atoms with Crippen LogP contribution >= 0.6 is 27.5 Å². The Balaban J connectivity index is 1.95. The first-order valence-electron chi connectivity index (χ1n) is 6.39. The Morgan fingerprint density at radius 2 is 2.05 bits per heavy atom. The second-order valence-electron chi connectivity index (χ2n) is 4.62. The van der Waals surface area contributed by atoms with Gasteiger partial charge in [-0.25, -0.2) is 0 Å². The van der Waals surface area contributed by atoms with Gasteiger partial charge in [0.25, 0.3) is 5.91 Å². The lowest BCUT2D eigenvalue weighted by Crippen LogP contribution is -2.12. The van der Waals surface area contributed by atoms with E-state index in [0.29, 0.717) is 16.2 Å². The molecule has 0 aliphatic rings. The Kier molecular flexibility index (Phi) is 4.00. The number of rotatable bonds is 2. The summed E-state index contributed by atoms with van der Waals surface area (Å²) in [5.41, 5.74) is 1.09. The van der Waals surface area contributed by atoms with Crippen molar-refractivity contribution in [3.05, 3.63) is 63.7 Å². The van der Waals surface area contributed by atoms with E-state index in [4.69, 9.17) is 11.6 Å². The van der Waals surface area contributed by atoms with Crippen molar-refractivity contribution in [2.24, 2.45) is 0 Å². The van der Waals surface area contributed by atoms with E-state index in [2.05, 4.69) is 26.2 Å². The first kappa shape index (κ1) is 14.8. The van der Waals surface area contributed by atoms with Crippen molar-refractivity contribution in [1.29, 1.82) is 0 Å². The molecule has 110 valence electrons. The van der Waals surface area contributed by atoms with Crippen LogP contribution in [-0.2, 0) is 0 Å². The molecular weight excluding hydrogens is 368 g/mol. The Morgan fingerprint density at radius 3 is 2.82 bits per heavy atom. The maximum Gasteiger partial charge on any atom is 0.259 e. The lowest BCUT2D eigenvalue weighted by Gasteiger charge is -2.09. The zero-order valence-electron chi connectivity index (χ0n) is 11.2. The number of halogens is 2. The summed E-state index contributed by atoms with van der Waals surface area (Å²) in [5, 5.41) is 14.2. The number of hydrogen-bond acceptors (Lipinski definition) is 3. The molecular formula is C16H10BrClN2O2. The summed E-state index contributed by atoms with van der Waals surface area (Å²) in [7, 11) is 0. The molecule has 6 heteroatoms. The summed E-state index contributed by atoms with van der Waals surface area (Å²) in [5.74, 6) is -0.567. The molecule has 0 saturated heterocycles. The van der Waals surface area contributed by atoms with E-state index >= 15 is 0 Å². The third-order valence-electron chi connectivity index (χ3n) is 3.17. The molecule has 0 fully saturated rings. The molecule has 0 bridgehead atoms. The zero-order valence-corrected chi connectivity index (χ0v) is 13.5. The third kappa shape index (κ3) is 2.77. The molecule has 0 aliphatic carbocycles.